The van der Waals surface area contributed by atoms with E-state index in [0.29, 0.717) is 11.4 Å². The van der Waals surface area contributed by atoms with Gasteiger partial charge >= 0.3 is 0 Å². The molecule has 54 heavy (non-hydrogen) atoms. The summed E-state index contributed by atoms with van der Waals surface area (Å²) in [4.78, 5) is 15.2. The molecule has 0 bridgehead atoms. The van der Waals surface area contributed by atoms with E-state index in [1.54, 1.807) is 0 Å². The van der Waals surface area contributed by atoms with Gasteiger partial charge in [0.1, 0.15) is 0 Å². The van der Waals surface area contributed by atoms with Crippen molar-refractivity contribution in [1.82, 2.24) is 9.97 Å². The van der Waals surface area contributed by atoms with Crippen LogP contribution in [0.25, 0.3) is 66.7 Å². The second-order valence-electron chi connectivity index (χ2n) is 13.5. The monoisotopic (exact) mass is 696 g/mol. The van der Waals surface area contributed by atoms with Crippen molar-refractivity contribution in [3.05, 3.63) is 204 Å². The van der Waals surface area contributed by atoms with Gasteiger partial charge in [0.2, 0.25) is 0 Å². The molecule has 0 aliphatic heterocycles. The number of aryl methyl sites for hydroxylation is 2. The van der Waals surface area contributed by atoms with Crippen LogP contribution < -0.4 is 5.73 Å². The molecule has 4 nitrogen and oxygen atoms in total. The molecule has 2 heterocycles. The molecule has 8 aromatic rings. The SMILES string of the molecule is C=C(N=C(/C=C(\N)c1ccccc1)c1ccc(-c2ccc(-c3ccc4ccc5c(C)cc(CC)nc5c4n3)cc2)cc1)c1ccc(-c2ccccc2)cc1. The first-order chi connectivity index (χ1) is 26.4. The van der Waals surface area contributed by atoms with Gasteiger partial charge in [0, 0.05) is 33.3 Å². The predicted molar refractivity (Wildman–Crippen MR) is 228 cm³/mol. The van der Waals surface area contributed by atoms with Gasteiger partial charge in [0.05, 0.1) is 28.1 Å². The third-order valence-electron chi connectivity index (χ3n) is 9.94. The van der Waals surface area contributed by atoms with E-state index < -0.39 is 0 Å². The standard InChI is InChI=1S/C50H40N4/c1-4-44-31-33(2)45-29-27-43-28-30-47(54-49(43)50(45)53-44)41-23-19-38(20-24-41)39-21-25-42(26-22-39)48(32-46(51)40-13-9-6-10-14-40)52-34(3)35-15-17-37(18-16-35)36-11-7-5-8-12-36/h5-32H,3-4,51H2,1-2H3/b46-32-,52-48?. The van der Waals surface area contributed by atoms with Crippen molar-refractivity contribution in [3.63, 3.8) is 0 Å². The van der Waals surface area contributed by atoms with Gasteiger partial charge in [0.25, 0.3) is 0 Å². The number of nitrogens with zero attached hydrogens (tertiary/aromatic N) is 3. The van der Waals surface area contributed by atoms with Gasteiger partial charge in [-0.3, -0.25) is 4.98 Å². The van der Waals surface area contributed by atoms with Gasteiger partial charge < -0.3 is 5.73 Å². The number of hydrogen-bond acceptors (Lipinski definition) is 4. The molecular formula is C50H40N4. The molecule has 0 unspecified atom stereocenters. The van der Waals surface area contributed by atoms with E-state index in [0.717, 1.165) is 84.3 Å². The number of aliphatic imine (C=N–C) groups is 1. The average molecular weight is 697 g/mol. The minimum absolute atomic E-state index is 0.633. The normalized spacial score (nSPS) is 12.0. The molecule has 0 fully saturated rings. The van der Waals surface area contributed by atoms with Crippen LogP contribution in [0, 0.1) is 6.92 Å². The summed E-state index contributed by atoms with van der Waals surface area (Å²) in [5.41, 5.74) is 22.2. The van der Waals surface area contributed by atoms with Crippen LogP contribution >= 0.6 is 0 Å². The fraction of sp³-hybridized carbons (Fsp3) is 0.0600. The summed E-state index contributed by atoms with van der Waals surface area (Å²) in [6.45, 7) is 8.64. The van der Waals surface area contributed by atoms with E-state index in [1.165, 1.54) is 11.1 Å². The van der Waals surface area contributed by atoms with Crippen LogP contribution in [-0.2, 0) is 6.42 Å². The highest BCUT2D eigenvalue weighted by Gasteiger charge is 2.11. The first kappa shape index (κ1) is 34.2. The summed E-state index contributed by atoms with van der Waals surface area (Å²) in [7, 11) is 0. The number of rotatable bonds is 9. The first-order valence-corrected chi connectivity index (χ1v) is 18.3. The fourth-order valence-electron chi connectivity index (χ4n) is 6.85. The molecule has 0 aliphatic rings. The first-order valence-electron chi connectivity index (χ1n) is 18.3. The minimum atomic E-state index is 0.633. The molecule has 0 aliphatic carbocycles. The summed E-state index contributed by atoms with van der Waals surface area (Å²) >= 11 is 0. The third-order valence-corrected chi connectivity index (χ3v) is 9.94. The molecule has 4 heteroatoms. The Morgan fingerprint density at radius 3 is 1.80 bits per heavy atom. The van der Waals surface area contributed by atoms with E-state index >= 15 is 0 Å². The van der Waals surface area contributed by atoms with Crippen molar-refractivity contribution in [3.8, 4) is 33.5 Å². The largest absolute Gasteiger partial charge is 0.398 e. The lowest BCUT2D eigenvalue weighted by Crippen LogP contribution is -2.04. The van der Waals surface area contributed by atoms with Crippen LogP contribution in [0.3, 0.4) is 0 Å². The minimum Gasteiger partial charge on any atom is -0.398 e. The second kappa shape index (κ2) is 15.0. The number of nitrogens with two attached hydrogens (primary N) is 1. The Morgan fingerprint density at radius 1 is 0.593 bits per heavy atom. The molecule has 260 valence electrons. The predicted octanol–water partition coefficient (Wildman–Crippen LogP) is 12.1. The molecule has 0 amide bonds. The number of hydrogen-bond donors (Lipinski definition) is 1. The van der Waals surface area contributed by atoms with Gasteiger partial charge in [-0.25, -0.2) is 9.98 Å². The molecule has 6 aromatic carbocycles. The maximum absolute atomic E-state index is 6.63. The molecule has 0 atom stereocenters. The van der Waals surface area contributed by atoms with Gasteiger partial charge in [-0.1, -0.05) is 165 Å². The number of allylic oxidation sites excluding steroid dienone is 1. The topological polar surface area (TPSA) is 64.2 Å². The Kier molecular flexibility index (Phi) is 9.49. The van der Waals surface area contributed by atoms with Crippen molar-refractivity contribution < 1.29 is 0 Å². The van der Waals surface area contributed by atoms with Crippen LogP contribution in [0.1, 0.15) is 34.9 Å². The highest BCUT2D eigenvalue weighted by Crippen LogP contribution is 2.30. The zero-order chi connectivity index (χ0) is 37.0. The molecule has 0 radical (unpaired) electrons. The van der Waals surface area contributed by atoms with Crippen LogP contribution in [0.5, 0.6) is 0 Å². The van der Waals surface area contributed by atoms with Crippen molar-refractivity contribution in [1.29, 1.82) is 0 Å². The van der Waals surface area contributed by atoms with Gasteiger partial charge in [-0.05, 0) is 70.5 Å². The third kappa shape index (κ3) is 7.10. The number of aromatic nitrogens is 2. The Bertz CT molecular complexity index is 2670. The van der Waals surface area contributed by atoms with Crippen molar-refractivity contribution >= 4 is 38.9 Å². The van der Waals surface area contributed by atoms with E-state index in [1.807, 2.05) is 54.6 Å². The number of fused-ring (bicyclic) bond motifs is 3. The zero-order valence-corrected chi connectivity index (χ0v) is 30.5. The second-order valence-corrected chi connectivity index (χ2v) is 13.5. The summed E-state index contributed by atoms with van der Waals surface area (Å²) in [5.74, 6) is 0. The summed E-state index contributed by atoms with van der Waals surface area (Å²) in [6, 6.07) is 56.4. The molecule has 0 saturated carbocycles. The van der Waals surface area contributed by atoms with E-state index in [4.69, 9.17) is 20.7 Å². The van der Waals surface area contributed by atoms with E-state index in [9.17, 15) is 0 Å². The lowest BCUT2D eigenvalue weighted by Gasteiger charge is -2.11. The fourth-order valence-corrected chi connectivity index (χ4v) is 6.85. The quantitative estimate of drug-likeness (QED) is 0.121. The van der Waals surface area contributed by atoms with Crippen LogP contribution in [-0.4, -0.2) is 15.7 Å². The molecular weight excluding hydrogens is 657 g/mol. The van der Waals surface area contributed by atoms with E-state index in [2.05, 4.69) is 136 Å². The highest BCUT2D eigenvalue weighted by atomic mass is 14.8. The summed E-state index contributed by atoms with van der Waals surface area (Å²) in [5, 5.41) is 2.24. The summed E-state index contributed by atoms with van der Waals surface area (Å²) < 4.78 is 0. The number of pyridine rings is 2. The smallest absolute Gasteiger partial charge is 0.0972 e. The maximum atomic E-state index is 6.63. The number of benzene rings is 6. The van der Waals surface area contributed by atoms with Crippen LogP contribution in [0.2, 0.25) is 0 Å². The lowest BCUT2D eigenvalue weighted by atomic mass is 9.99. The molecule has 2 aromatic heterocycles. The highest BCUT2D eigenvalue weighted by molar-refractivity contribution is 6.14. The Labute approximate surface area is 316 Å². The molecule has 2 N–H and O–H groups in total. The Morgan fingerprint density at radius 2 is 1.15 bits per heavy atom. The Hall–Kier alpha value is -6.91. The van der Waals surface area contributed by atoms with Crippen LogP contribution in [0.4, 0.5) is 0 Å². The lowest BCUT2D eigenvalue weighted by molar-refractivity contribution is 1.05. The zero-order valence-electron chi connectivity index (χ0n) is 30.5. The van der Waals surface area contributed by atoms with Crippen molar-refractivity contribution in [2.24, 2.45) is 10.7 Å². The van der Waals surface area contributed by atoms with Gasteiger partial charge in [-0.2, -0.15) is 0 Å². The van der Waals surface area contributed by atoms with Gasteiger partial charge in [0.15, 0.2) is 0 Å². The van der Waals surface area contributed by atoms with Crippen molar-refractivity contribution in [2.45, 2.75) is 20.3 Å². The van der Waals surface area contributed by atoms with Gasteiger partial charge in [-0.15, -0.1) is 0 Å². The van der Waals surface area contributed by atoms with Crippen molar-refractivity contribution in [2.75, 3.05) is 0 Å². The average Bonchev–Trinajstić information content (AvgIpc) is 3.24. The molecule has 0 saturated heterocycles. The molecule has 0 spiro atoms. The summed E-state index contributed by atoms with van der Waals surface area (Å²) in [6.07, 6.45) is 2.82. The van der Waals surface area contributed by atoms with Crippen LogP contribution in [0.15, 0.2) is 181 Å². The molecule has 8 rings (SSSR count). The van der Waals surface area contributed by atoms with E-state index in [-0.39, 0.29) is 0 Å². The Balaban J connectivity index is 1.08. The maximum Gasteiger partial charge on any atom is 0.0972 e.